The van der Waals surface area contributed by atoms with Crippen molar-refractivity contribution in [3.63, 3.8) is 0 Å². The quantitative estimate of drug-likeness (QED) is 0.349. The minimum atomic E-state index is -0.698. The summed E-state index contributed by atoms with van der Waals surface area (Å²) in [5.74, 6) is -1.04. The lowest BCUT2D eigenvalue weighted by Gasteiger charge is -2.14. The first-order valence-electron chi connectivity index (χ1n) is 4.19. The van der Waals surface area contributed by atoms with Crippen LogP contribution in [0.15, 0.2) is 29.2 Å². The van der Waals surface area contributed by atoms with Gasteiger partial charge in [0.15, 0.2) is 0 Å². The third-order valence-corrected chi connectivity index (χ3v) is 2.73. The summed E-state index contributed by atoms with van der Waals surface area (Å²) in [6.45, 7) is 3.35. The Hall–Kier alpha value is -2.11. The summed E-state index contributed by atoms with van der Waals surface area (Å²) < 4.78 is 0. The summed E-state index contributed by atoms with van der Waals surface area (Å²) in [6.07, 6.45) is 1.14. The molecule has 0 spiro atoms. The van der Waals surface area contributed by atoms with Crippen LogP contribution in [0.3, 0.4) is 0 Å². The highest BCUT2D eigenvalue weighted by Crippen LogP contribution is 2.26. The average molecular weight is 236 g/mol. The highest BCUT2D eigenvalue weighted by molar-refractivity contribution is 7.12. The zero-order chi connectivity index (χ0) is 12.1. The first kappa shape index (κ1) is 12.0. The van der Waals surface area contributed by atoms with Crippen LogP contribution < -0.4 is 4.90 Å². The number of thiophene rings is 1. The molecule has 16 heavy (non-hydrogen) atoms. The van der Waals surface area contributed by atoms with E-state index in [1.807, 2.05) is 0 Å². The van der Waals surface area contributed by atoms with Gasteiger partial charge < -0.3 is 4.90 Å². The van der Waals surface area contributed by atoms with Gasteiger partial charge in [0.25, 0.3) is 5.91 Å². The standard InChI is InChI=1S/C9H8N4O2S/c1-3-7(14)13(2)6-4-5-16-8(6)9(15)11-12-10/h3-5H,1H2,2H3. The Bertz CT molecular complexity index is 487. The molecule has 1 aromatic rings. The molecule has 0 radical (unpaired) electrons. The van der Waals surface area contributed by atoms with Crippen molar-refractivity contribution in [1.82, 2.24) is 0 Å². The summed E-state index contributed by atoms with van der Waals surface area (Å²) in [5.41, 5.74) is 8.58. The van der Waals surface area contributed by atoms with Crippen molar-refractivity contribution in [2.75, 3.05) is 11.9 Å². The van der Waals surface area contributed by atoms with Crippen molar-refractivity contribution in [3.05, 3.63) is 39.4 Å². The number of rotatable bonds is 3. The fourth-order valence-corrected chi connectivity index (χ4v) is 1.87. The van der Waals surface area contributed by atoms with Crippen LogP contribution in [0.5, 0.6) is 0 Å². The molecule has 0 N–H and O–H groups in total. The van der Waals surface area contributed by atoms with Gasteiger partial charge in [-0.1, -0.05) is 6.58 Å². The minimum Gasteiger partial charge on any atom is -0.310 e. The van der Waals surface area contributed by atoms with Crippen LogP contribution in [0.2, 0.25) is 0 Å². The molecular weight excluding hydrogens is 228 g/mol. The van der Waals surface area contributed by atoms with E-state index in [1.54, 1.807) is 11.4 Å². The number of carbonyl (C=O) groups is 2. The van der Waals surface area contributed by atoms with Gasteiger partial charge in [-0.25, -0.2) is 0 Å². The minimum absolute atomic E-state index is 0.232. The summed E-state index contributed by atoms with van der Waals surface area (Å²) in [4.78, 5) is 26.6. The highest BCUT2D eigenvalue weighted by atomic mass is 32.1. The van der Waals surface area contributed by atoms with Gasteiger partial charge in [0, 0.05) is 12.0 Å². The number of nitrogens with zero attached hydrogens (tertiary/aromatic N) is 4. The lowest BCUT2D eigenvalue weighted by molar-refractivity contribution is -0.113. The van der Waals surface area contributed by atoms with Crippen LogP contribution in [0.1, 0.15) is 9.67 Å². The van der Waals surface area contributed by atoms with Gasteiger partial charge in [0.05, 0.1) is 5.69 Å². The molecule has 0 aliphatic carbocycles. The van der Waals surface area contributed by atoms with Crippen LogP contribution in [-0.4, -0.2) is 18.9 Å². The number of likely N-dealkylation sites (N-methyl/N-ethyl adjacent to an activating group) is 1. The first-order chi connectivity index (χ1) is 7.61. The summed E-state index contributed by atoms with van der Waals surface area (Å²) >= 11 is 1.11. The maximum atomic E-state index is 11.4. The zero-order valence-corrected chi connectivity index (χ0v) is 9.27. The molecule has 82 valence electrons. The van der Waals surface area contributed by atoms with Crippen LogP contribution in [0.25, 0.3) is 10.4 Å². The number of amides is 2. The Morgan fingerprint density at radius 3 is 2.94 bits per heavy atom. The second kappa shape index (κ2) is 5.11. The molecule has 0 bridgehead atoms. The number of hydrogen-bond acceptors (Lipinski definition) is 3. The molecule has 0 unspecified atom stereocenters. The smallest absolute Gasteiger partial charge is 0.261 e. The van der Waals surface area contributed by atoms with Crippen LogP contribution in [-0.2, 0) is 4.79 Å². The van der Waals surface area contributed by atoms with Gasteiger partial charge in [0.1, 0.15) is 4.88 Å². The Balaban J connectivity index is 3.11. The van der Waals surface area contributed by atoms with Crippen molar-refractivity contribution in [2.24, 2.45) is 5.11 Å². The molecule has 6 nitrogen and oxygen atoms in total. The maximum absolute atomic E-state index is 11.4. The van der Waals surface area contributed by atoms with Crippen molar-refractivity contribution < 1.29 is 9.59 Å². The van der Waals surface area contributed by atoms with Gasteiger partial charge in [-0.15, -0.1) is 11.3 Å². The normalized spacial score (nSPS) is 9.06. The molecule has 1 heterocycles. The van der Waals surface area contributed by atoms with Crippen LogP contribution in [0, 0.1) is 0 Å². The van der Waals surface area contributed by atoms with E-state index >= 15 is 0 Å². The van der Waals surface area contributed by atoms with Gasteiger partial charge in [0.2, 0.25) is 5.91 Å². The van der Waals surface area contributed by atoms with E-state index in [0.29, 0.717) is 5.69 Å². The molecule has 7 heteroatoms. The predicted octanol–water partition coefficient (Wildman–Crippen LogP) is 2.35. The van der Waals surface area contributed by atoms with Crippen LogP contribution >= 0.6 is 11.3 Å². The van der Waals surface area contributed by atoms with Gasteiger partial charge in [-0.3, -0.25) is 9.59 Å². The van der Waals surface area contributed by atoms with E-state index in [-0.39, 0.29) is 10.8 Å². The molecule has 0 aliphatic rings. The van der Waals surface area contributed by atoms with E-state index in [2.05, 4.69) is 16.6 Å². The van der Waals surface area contributed by atoms with Gasteiger partial charge in [-0.05, 0) is 28.2 Å². The Kier molecular flexibility index (Phi) is 3.82. The fourth-order valence-electron chi connectivity index (χ4n) is 1.07. The second-order valence-electron chi connectivity index (χ2n) is 2.73. The van der Waals surface area contributed by atoms with Gasteiger partial charge >= 0.3 is 0 Å². The van der Waals surface area contributed by atoms with Crippen molar-refractivity contribution >= 4 is 28.8 Å². The molecule has 1 rings (SSSR count). The van der Waals surface area contributed by atoms with Crippen molar-refractivity contribution in [2.45, 2.75) is 0 Å². The molecular formula is C9H8N4O2S. The third kappa shape index (κ3) is 2.28. The van der Waals surface area contributed by atoms with Gasteiger partial charge in [-0.2, -0.15) is 0 Å². The number of carbonyl (C=O) groups excluding carboxylic acids is 2. The van der Waals surface area contributed by atoms with Crippen molar-refractivity contribution in [3.8, 4) is 0 Å². The monoisotopic (exact) mass is 236 g/mol. The van der Waals surface area contributed by atoms with E-state index in [0.717, 1.165) is 17.4 Å². The first-order valence-corrected chi connectivity index (χ1v) is 5.06. The molecule has 0 aromatic carbocycles. The molecule has 0 atom stereocenters. The van der Waals surface area contributed by atoms with Crippen molar-refractivity contribution in [1.29, 1.82) is 0 Å². The summed E-state index contributed by atoms with van der Waals surface area (Å²) in [7, 11) is 1.51. The zero-order valence-electron chi connectivity index (χ0n) is 8.45. The molecule has 2 amide bonds. The lowest BCUT2D eigenvalue weighted by Crippen LogP contribution is -2.24. The van der Waals surface area contributed by atoms with Crippen LogP contribution in [0.4, 0.5) is 5.69 Å². The third-order valence-electron chi connectivity index (χ3n) is 1.84. The Morgan fingerprint density at radius 2 is 2.38 bits per heavy atom. The summed E-state index contributed by atoms with van der Waals surface area (Å²) in [6, 6.07) is 1.60. The summed E-state index contributed by atoms with van der Waals surface area (Å²) in [5, 5.41) is 4.62. The lowest BCUT2D eigenvalue weighted by atomic mass is 10.3. The predicted molar refractivity (Wildman–Crippen MR) is 61.4 cm³/mol. The molecule has 0 aliphatic heterocycles. The molecule has 0 saturated carbocycles. The molecule has 0 fully saturated rings. The van der Waals surface area contributed by atoms with E-state index in [1.165, 1.54) is 11.9 Å². The number of azide groups is 1. The average Bonchev–Trinajstić information content (AvgIpc) is 2.76. The molecule has 0 saturated heterocycles. The number of anilines is 1. The topological polar surface area (TPSA) is 86.1 Å². The Labute approximate surface area is 95.4 Å². The Morgan fingerprint density at radius 1 is 1.69 bits per heavy atom. The largest absolute Gasteiger partial charge is 0.310 e. The maximum Gasteiger partial charge on any atom is 0.261 e. The highest BCUT2D eigenvalue weighted by Gasteiger charge is 2.17. The van der Waals surface area contributed by atoms with E-state index < -0.39 is 5.91 Å². The second-order valence-corrected chi connectivity index (χ2v) is 3.65. The van der Waals surface area contributed by atoms with E-state index in [4.69, 9.17) is 5.53 Å². The SMILES string of the molecule is C=CC(=O)N(C)c1ccsc1C(=O)N=[N+]=[N-]. The fraction of sp³-hybridized carbons (Fsp3) is 0.111. The van der Waals surface area contributed by atoms with E-state index in [9.17, 15) is 9.59 Å². The number of hydrogen-bond donors (Lipinski definition) is 0. The molecule has 1 aromatic heterocycles.